The van der Waals surface area contributed by atoms with Crippen molar-refractivity contribution >= 4 is 5.91 Å². The van der Waals surface area contributed by atoms with Gasteiger partial charge in [-0.15, -0.1) is 0 Å². The van der Waals surface area contributed by atoms with E-state index in [2.05, 4.69) is 0 Å². The first kappa shape index (κ1) is 14.0. The highest BCUT2D eigenvalue weighted by Gasteiger charge is 2.33. The van der Waals surface area contributed by atoms with Crippen molar-refractivity contribution in [2.45, 2.75) is 51.2 Å². The molecular weight excluding hydrogens is 243 g/mol. The number of benzene rings is 1. The summed E-state index contributed by atoms with van der Waals surface area (Å²) in [5, 5.41) is 0. The van der Waals surface area contributed by atoms with Gasteiger partial charge in [0, 0.05) is 24.5 Å². The normalized spacial score (nSPS) is 15.4. The van der Waals surface area contributed by atoms with E-state index < -0.39 is 5.54 Å². The largest absolute Gasteiger partial charge is 0.335 e. The number of hydrogen-bond acceptors (Lipinski definition) is 2. The molecule has 1 aliphatic carbocycles. The summed E-state index contributed by atoms with van der Waals surface area (Å²) in [6.45, 7) is 4.25. The second-order valence-corrected chi connectivity index (χ2v) is 6.04. The third-order valence-corrected chi connectivity index (χ3v) is 3.18. The lowest BCUT2D eigenvalue weighted by Crippen LogP contribution is -2.41. The highest BCUT2D eigenvalue weighted by Crippen LogP contribution is 2.29. The van der Waals surface area contributed by atoms with Crippen LogP contribution in [0.25, 0.3) is 0 Å². The predicted molar refractivity (Wildman–Crippen MR) is 72.9 cm³/mol. The maximum atomic E-state index is 12.9. The SMILES string of the molecule is CC(C)(N)CC(=O)N(Cc1ccc(F)cc1)C1CC1. The summed E-state index contributed by atoms with van der Waals surface area (Å²) in [6.07, 6.45) is 2.45. The highest BCUT2D eigenvalue weighted by molar-refractivity contribution is 5.78. The Kier molecular flexibility index (Phi) is 3.90. The van der Waals surface area contributed by atoms with Gasteiger partial charge >= 0.3 is 0 Å². The van der Waals surface area contributed by atoms with Crippen molar-refractivity contribution in [3.63, 3.8) is 0 Å². The number of amides is 1. The Balaban J connectivity index is 2.04. The average molecular weight is 264 g/mol. The van der Waals surface area contributed by atoms with Gasteiger partial charge in [-0.25, -0.2) is 4.39 Å². The Morgan fingerprint density at radius 2 is 1.95 bits per heavy atom. The molecule has 1 saturated carbocycles. The molecule has 104 valence electrons. The van der Waals surface area contributed by atoms with Crippen molar-refractivity contribution in [3.8, 4) is 0 Å². The fourth-order valence-electron chi connectivity index (χ4n) is 2.08. The van der Waals surface area contributed by atoms with Gasteiger partial charge in [0.05, 0.1) is 0 Å². The number of hydrogen-bond donors (Lipinski definition) is 1. The molecule has 0 unspecified atom stereocenters. The van der Waals surface area contributed by atoms with Crippen LogP contribution in [0.4, 0.5) is 4.39 Å². The molecule has 3 nitrogen and oxygen atoms in total. The molecule has 0 heterocycles. The Morgan fingerprint density at radius 1 is 1.37 bits per heavy atom. The topological polar surface area (TPSA) is 46.3 Å². The third kappa shape index (κ3) is 4.31. The fourth-order valence-corrected chi connectivity index (χ4v) is 2.08. The van der Waals surface area contributed by atoms with Crippen molar-refractivity contribution < 1.29 is 9.18 Å². The Bertz CT molecular complexity index is 446. The van der Waals surface area contributed by atoms with Crippen LogP contribution in [0, 0.1) is 5.82 Å². The van der Waals surface area contributed by atoms with Crippen molar-refractivity contribution in [1.29, 1.82) is 0 Å². The van der Waals surface area contributed by atoms with Gasteiger partial charge in [0.1, 0.15) is 5.82 Å². The molecule has 0 radical (unpaired) electrons. The quantitative estimate of drug-likeness (QED) is 0.888. The minimum Gasteiger partial charge on any atom is -0.335 e. The van der Waals surface area contributed by atoms with E-state index in [0.29, 0.717) is 19.0 Å². The van der Waals surface area contributed by atoms with E-state index >= 15 is 0 Å². The lowest BCUT2D eigenvalue weighted by molar-refractivity contribution is -0.133. The summed E-state index contributed by atoms with van der Waals surface area (Å²) < 4.78 is 12.9. The fraction of sp³-hybridized carbons (Fsp3) is 0.533. The predicted octanol–water partition coefficient (Wildman–Crippen LogP) is 2.44. The molecule has 0 bridgehead atoms. The molecule has 0 saturated heterocycles. The lowest BCUT2D eigenvalue weighted by atomic mass is 10.0. The third-order valence-electron chi connectivity index (χ3n) is 3.18. The molecule has 1 aliphatic rings. The van der Waals surface area contributed by atoms with Gasteiger partial charge in [-0.2, -0.15) is 0 Å². The maximum Gasteiger partial charge on any atom is 0.224 e. The van der Waals surface area contributed by atoms with E-state index in [4.69, 9.17) is 5.73 Å². The summed E-state index contributed by atoms with van der Waals surface area (Å²) in [5.74, 6) is -0.171. The molecule has 1 aromatic rings. The Hall–Kier alpha value is -1.42. The molecule has 0 spiro atoms. The highest BCUT2D eigenvalue weighted by atomic mass is 19.1. The molecule has 2 N–H and O–H groups in total. The van der Waals surface area contributed by atoms with Gasteiger partial charge in [0.25, 0.3) is 0 Å². The standard InChI is InChI=1S/C15H21FN2O/c1-15(2,17)9-14(19)18(13-7-8-13)10-11-3-5-12(16)6-4-11/h3-6,13H,7-10,17H2,1-2H3. The molecule has 1 aromatic carbocycles. The summed E-state index contributed by atoms with van der Waals surface area (Å²) in [6, 6.07) is 6.65. The molecule has 2 rings (SSSR count). The molecule has 1 fully saturated rings. The average Bonchev–Trinajstić information content (AvgIpc) is 3.09. The number of rotatable bonds is 5. The second-order valence-electron chi connectivity index (χ2n) is 6.04. The van der Waals surface area contributed by atoms with Crippen LogP contribution in [0.5, 0.6) is 0 Å². The second kappa shape index (κ2) is 5.29. The first-order valence-electron chi connectivity index (χ1n) is 6.68. The minimum atomic E-state index is -0.493. The maximum absolute atomic E-state index is 12.9. The molecule has 4 heteroatoms. The van der Waals surface area contributed by atoms with Crippen LogP contribution in [0.3, 0.4) is 0 Å². The number of halogens is 1. The van der Waals surface area contributed by atoms with Crippen molar-refractivity contribution in [2.24, 2.45) is 5.73 Å². The number of carbonyl (C=O) groups is 1. The van der Waals surface area contributed by atoms with Gasteiger partial charge in [-0.3, -0.25) is 4.79 Å². The molecule has 19 heavy (non-hydrogen) atoms. The van der Waals surface area contributed by atoms with E-state index in [-0.39, 0.29) is 11.7 Å². The Morgan fingerprint density at radius 3 is 2.42 bits per heavy atom. The molecular formula is C15H21FN2O. The van der Waals surface area contributed by atoms with Crippen LogP contribution < -0.4 is 5.73 Å². The molecule has 1 amide bonds. The van der Waals surface area contributed by atoms with Crippen LogP contribution in [-0.2, 0) is 11.3 Å². The van der Waals surface area contributed by atoms with Crippen LogP contribution in [0.2, 0.25) is 0 Å². The monoisotopic (exact) mass is 264 g/mol. The number of carbonyl (C=O) groups excluding carboxylic acids is 1. The van der Waals surface area contributed by atoms with Crippen LogP contribution in [0.1, 0.15) is 38.7 Å². The van der Waals surface area contributed by atoms with E-state index in [1.54, 1.807) is 12.1 Å². The summed E-state index contributed by atoms with van der Waals surface area (Å²) in [4.78, 5) is 14.2. The number of nitrogens with two attached hydrogens (primary N) is 1. The smallest absolute Gasteiger partial charge is 0.224 e. The van der Waals surface area contributed by atoms with Crippen LogP contribution >= 0.6 is 0 Å². The van der Waals surface area contributed by atoms with Crippen molar-refractivity contribution in [1.82, 2.24) is 4.90 Å². The zero-order valence-electron chi connectivity index (χ0n) is 11.5. The zero-order chi connectivity index (χ0) is 14.0. The summed E-state index contributed by atoms with van der Waals surface area (Å²) in [5.41, 5.74) is 6.37. The first-order chi connectivity index (χ1) is 8.85. The lowest BCUT2D eigenvalue weighted by Gasteiger charge is -2.26. The van der Waals surface area contributed by atoms with Gasteiger partial charge < -0.3 is 10.6 Å². The van der Waals surface area contributed by atoms with Gasteiger partial charge in [0.2, 0.25) is 5.91 Å². The summed E-state index contributed by atoms with van der Waals surface area (Å²) in [7, 11) is 0. The minimum absolute atomic E-state index is 0.0827. The first-order valence-corrected chi connectivity index (χ1v) is 6.68. The van der Waals surface area contributed by atoms with Gasteiger partial charge in [0.15, 0.2) is 0 Å². The molecule has 0 aromatic heterocycles. The molecule has 0 atom stereocenters. The van der Waals surface area contributed by atoms with Crippen LogP contribution in [0.15, 0.2) is 24.3 Å². The Labute approximate surface area is 113 Å². The zero-order valence-corrected chi connectivity index (χ0v) is 11.5. The van der Waals surface area contributed by atoms with E-state index in [1.165, 1.54) is 12.1 Å². The van der Waals surface area contributed by atoms with Crippen molar-refractivity contribution in [3.05, 3.63) is 35.6 Å². The van der Waals surface area contributed by atoms with Gasteiger partial charge in [-0.05, 0) is 44.4 Å². The van der Waals surface area contributed by atoms with E-state index in [1.807, 2.05) is 18.7 Å². The van der Waals surface area contributed by atoms with Gasteiger partial charge in [-0.1, -0.05) is 12.1 Å². The summed E-state index contributed by atoms with van der Waals surface area (Å²) >= 11 is 0. The van der Waals surface area contributed by atoms with Crippen molar-refractivity contribution in [2.75, 3.05) is 0 Å². The van der Waals surface area contributed by atoms with Crippen LogP contribution in [-0.4, -0.2) is 22.4 Å². The molecule has 0 aliphatic heterocycles. The van der Waals surface area contributed by atoms with E-state index in [0.717, 1.165) is 18.4 Å². The number of nitrogens with zero attached hydrogens (tertiary/aromatic N) is 1. The van der Waals surface area contributed by atoms with E-state index in [9.17, 15) is 9.18 Å².